The number of nitrogens with zero attached hydrogens (tertiary/aromatic N) is 3. The number of benzene rings is 1. The molecule has 1 saturated heterocycles. The lowest BCUT2D eigenvalue weighted by atomic mass is 10.1. The number of aryl methyl sites for hydroxylation is 1. The third kappa shape index (κ3) is 3.03. The number of hydrogen-bond acceptors (Lipinski definition) is 4. The van der Waals surface area contributed by atoms with Crippen molar-refractivity contribution in [2.75, 3.05) is 18.4 Å². The summed E-state index contributed by atoms with van der Waals surface area (Å²) >= 11 is 0. The summed E-state index contributed by atoms with van der Waals surface area (Å²) in [6, 6.07) is 10.3. The number of nitrogens with one attached hydrogen (secondary N) is 2. The molecule has 20 heavy (non-hydrogen) atoms. The van der Waals surface area contributed by atoms with E-state index >= 15 is 0 Å². The third-order valence-electron chi connectivity index (χ3n) is 3.35. The molecular formula is C14H17N5O. The number of amides is 1. The topological polar surface area (TPSA) is 71.8 Å². The molecule has 1 aliphatic rings. The van der Waals surface area contributed by atoms with Crippen LogP contribution in [-0.4, -0.2) is 34.0 Å². The molecule has 1 amide bonds. The van der Waals surface area contributed by atoms with Crippen LogP contribution in [0.3, 0.4) is 0 Å². The molecule has 0 bridgehead atoms. The maximum absolute atomic E-state index is 11.8. The third-order valence-corrected chi connectivity index (χ3v) is 3.35. The molecule has 1 aromatic heterocycles. The fourth-order valence-electron chi connectivity index (χ4n) is 2.05. The molecule has 0 radical (unpaired) electrons. The van der Waals surface area contributed by atoms with Crippen LogP contribution in [0, 0.1) is 0 Å². The van der Waals surface area contributed by atoms with E-state index in [-0.39, 0.29) is 5.91 Å². The Hall–Kier alpha value is -2.21. The highest BCUT2D eigenvalue weighted by molar-refractivity contribution is 5.89. The second-order valence-corrected chi connectivity index (χ2v) is 4.90. The van der Waals surface area contributed by atoms with E-state index in [4.69, 9.17) is 0 Å². The van der Waals surface area contributed by atoms with E-state index in [0.717, 1.165) is 25.1 Å². The van der Waals surface area contributed by atoms with Gasteiger partial charge >= 0.3 is 0 Å². The Kier molecular flexibility index (Phi) is 3.73. The van der Waals surface area contributed by atoms with Crippen molar-refractivity contribution in [2.45, 2.75) is 18.9 Å². The lowest BCUT2D eigenvalue weighted by molar-refractivity contribution is -0.116. The Bertz CT molecular complexity index is 576. The van der Waals surface area contributed by atoms with E-state index in [0.29, 0.717) is 18.3 Å². The van der Waals surface area contributed by atoms with Gasteiger partial charge in [0.15, 0.2) is 5.82 Å². The molecular weight excluding hydrogens is 254 g/mol. The largest absolute Gasteiger partial charge is 0.312 e. The van der Waals surface area contributed by atoms with Gasteiger partial charge in [-0.05, 0) is 12.0 Å². The van der Waals surface area contributed by atoms with E-state index in [2.05, 4.69) is 20.8 Å². The smallest absolute Gasteiger partial charge is 0.225 e. The van der Waals surface area contributed by atoms with Crippen molar-refractivity contribution < 1.29 is 4.79 Å². The first-order valence-corrected chi connectivity index (χ1v) is 6.77. The Morgan fingerprint density at radius 3 is 2.85 bits per heavy atom. The first kappa shape index (κ1) is 12.8. The first-order valence-electron chi connectivity index (χ1n) is 6.77. The molecule has 0 unspecified atom stereocenters. The quantitative estimate of drug-likeness (QED) is 0.851. The highest BCUT2D eigenvalue weighted by Crippen LogP contribution is 2.11. The van der Waals surface area contributed by atoms with Crippen molar-refractivity contribution in [1.82, 2.24) is 20.3 Å². The average molecular weight is 271 g/mol. The Labute approximate surface area is 117 Å². The fourth-order valence-corrected chi connectivity index (χ4v) is 2.05. The second kappa shape index (κ2) is 5.83. The molecule has 1 aliphatic heterocycles. The van der Waals surface area contributed by atoms with Gasteiger partial charge in [0.2, 0.25) is 5.91 Å². The lowest BCUT2D eigenvalue weighted by Gasteiger charge is -2.25. The Balaban J connectivity index is 1.49. The zero-order valence-electron chi connectivity index (χ0n) is 11.1. The number of anilines is 1. The summed E-state index contributed by atoms with van der Waals surface area (Å²) in [7, 11) is 0. The van der Waals surface area contributed by atoms with Crippen molar-refractivity contribution in [2.24, 2.45) is 0 Å². The van der Waals surface area contributed by atoms with E-state index in [1.54, 1.807) is 11.0 Å². The first-order chi connectivity index (χ1) is 9.81. The van der Waals surface area contributed by atoms with E-state index < -0.39 is 0 Å². The molecule has 2 N–H and O–H groups in total. The molecule has 3 rings (SSSR count). The van der Waals surface area contributed by atoms with Crippen molar-refractivity contribution in [3.8, 4) is 0 Å². The number of carbonyl (C=O) groups is 1. The monoisotopic (exact) mass is 271 g/mol. The van der Waals surface area contributed by atoms with Crippen LogP contribution in [-0.2, 0) is 11.2 Å². The molecule has 0 atom stereocenters. The molecule has 0 saturated carbocycles. The minimum absolute atomic E-state index is 0.0346. The minimum atomic E-state index is -0.0346. The van der Waals surface area contributed by atoms with Crippen LogP contribution in [0.15, 0.2) is 36.5 Å². The van der Waals surface area contributed by atoms with E-state index in [1.807, 2.05) is 30.3 Å². The van der Waals surface area contributed by atoms with Gasteiger partial charge < -0.3 is 10.6 Å². The van der Waals surface area contributed by atoms with Crippen LogP contribution < -0.4 is 10.6 Å². The molecule has 0 aliphatic carbocycles. The van der Waals surface area contributed by atoms with Gasteiger partial charge in [-0.1, -0.05) is 30.3 Å². The predicted molar refractivity (Wildman–Crippen MR) is 75.3 cm³/mol. The minimum Gasteiger partial charge on any atom is -0.312 e. The van der Waals surface area contributed by atoms with Gasteiger partial charge in [0.1, 0.15) is 0 Å². The van der Waals surface area contributed by atoms with Crippen LogP contribution in [0.4, 0.5) is 5.82 Å². The summed E-state index contributed by atoms with van der Waals surface area (Å²) in [5, 5.41) is 14.4. The van der Waals surface area contributed by atoms with E-state index in [9.17, 15) is 4.79 Å². The normalized spacial score (nSPS) is 14.8. The predicted octanol–water partition coefficient (Wildman–Crippen LogP) is 0.994. The molecule has 2 aromatic rings. The van der Waals surface area contributed by atoms with Crippen LogP contribution >= 0.6 is 0 Å². The molecule has 6 nitrogen and oxygen atoms in total. The second-order valence-electron chi connectivity index (χ2n) is 4.90. The van der Waals surface area contributed by atoms with Crippen molar-refractivity contribution in [3.05, 3.63) is 42.1 Å². The summed E-state index contributed by atoms with van der Waals surface area (Å²) in [5.41, 5.74) is 1.16. The average Bonchev–Trinajstić information content (AvgIpc) is 2.84. The number of carbonyl (C=O) groups excluding carboxylic acids is 1. The van der Waals surface area contributed by atoms with Gasteiger partial charge in [-0.15, -0.1) is 5.10 Å². The molecule has 6 heteroatoms. The molecule has 104 valence electrons. The summed E-state index contributed by atoms with van der Waals surface area (Å²) in [5.74, 6) is 0.489. The summed E-state index contributed by atoms with van der Waals surface area (Å²) < 4.78 is 0. The Morgan fingerprint density at radius 2 is 2.15 bits per heavy atom. The summed E-state index contributed by atoms with van der Waals surface area (Å²) in [6.45, 7) is 1.77. The van der Waals surface area contributed by atoms with Crippen LogP contribution in [0.25, 0.3) is 0 Å². The van der Waals surface area contributed by atoms with Gasteiger partial charge in [0.05, 0.1) is 12.2 Å². The number of hydrogen-bond donors (Lipinski definition) is 2. The number of aromatic nitrogens is 3. The van der Waals surface area contributed by atoms with Gasteiger partial charge in [-0.25, -0.2) is 0 Å². The highest BCUT2D eigenvalue weighted by Gasteiger charge is 2.20. The van der Waals surface area contributed by atoms with Gasteiger partial charge in [0.25, 0.3) is 0 Å². The zero-order chi connectivity index (χ0) is 13.8. The van der Waals surface area contributed by atoms with Crippen molar-refractivity contribution in [3.63, 3.8) is 0 Å². The molecule has 1 aromatic carbocycles. The highest BCUT2D eigenvalue weighted by atomic mass is 16.1. The molecule has 2 heterocycles. The number of rotatable bonds is 5. The Morgan fingerprint density at radius 1 is 1.35 bits per heavy atom. The SMILES string of the molecule is O=C(CCc1ccccc1)Nc1cnn(C2CNC2)n1. The molecule has 1 fully saturated rings. The fraction of sp³-hybridized carbons (Fsp3) is 0.357. The standard InChI is InChI=1S/C14H17N5O/c20-14(7-6-11-4-2-1-3-5-11)17-13-10-16-19(18-13)12-8-15-9-12/h1-5,10,12,15H,6-9H2,(H,17,18,20). The maximum Gasteiger partial charge on any atom is 0.225 e. The van der Waals surface area contributed by atoms with Gasteiger partial charge in [0, 0.05) is 19.5 Å². The molecule has 0 spiro atoms. The summed E-state index contributed by atoms with van der Waals surface area (Å²) in [6.07, 6.45) is 2.77. The lowest BCUT2D eigenvalue weighted by Crippen LogP contribution is -2.44. The van der Waals surface area contributed by atoms with Gasteiger partial charge in [-0.3, -0.25) is 4.79 Å². The van der Waals surface area contributed by atoms with Crippen LogP contribution in [0.1, 0.15) is 18.0 Å². The van der Waals surface area contributed by atoms with Gasteiger partial charge in [-0.2, -0.15) is 9.90 Å². The van der Waals surface area contributed by atoms with Crippen LogP contribution in [0.5, 0.6) is 0 Å². The van der Waals surface area contributed by atoms with Crippen molar-refractivity contribution in [1.29, 1.82) is 0 Å². The van der Waals surface area contributed by atoms with Crippen LogP contribution in [0.2, 0.25) is 0 Å². The summed E-state index contributed by atoms with van der Waals surface area (Å²) in [4.78, 5) is 13.5. The maximum atomic E-state index is 11.8. The zero-order valence-corrected chi connectivity index (χ0v) is 11.1. The van der Waals surface area contributed by atoms with E-state index in [1.165, 1.54) is 0 Å². The van der Waals surface area contributed by atoms with Crippen molar-refractivity contribution >= 4 is 11.7 Å².